The molecule has 3 unspecified atom stereocenters. The van der Waals surface area contributed by atoms with E-state index >= 15 is 0 Å². The highest BCUT2D eigenvalue weighted by Crippen LogP contribution is 2.37. The summed E-state index contributed by atoms with van der Waals surface area (Å²) < 4.78 is 1.50. The number of benzene rings is 1. The molecule has 4 atom stereocenters. The molecular weight excluding hydrogens is 494 g/mol. The minimum atomic E-state index is -1.26. The number of hydrogen-bond acceptors (Lipinski definition) is 10. The van der Waals surface area contributed by atoms with E-state index in [2.05, 4.69) is 50.0 Å². The van der Waals surface area contributed by atoms with Gasteiger partial charge in [-0.2, -0.15) is 0 Å². The second-order valence-electron chi connectivity index (χ2n) is 9.18. The average molecular weight is 530 g/mol. The number of aliphatic hydroxyl groups is 3. The first-order valence-electron chi connectivity index (χ1n) is 12.8. The predicted molar refractivity (Wildman–Crippen MR) is 141 cm³/mol. The zero-order chi connectivity index (χ0) is 26.2. The second kappa shape index (κ2) is 13.1. The molecule has 12 heteroatoms. The Labute approximate surface area is 220 Å². The van der Waals surface area contributed by atoms with Crippen LogP contribution in [0, 0.1) is 5.92 Å². The van der Waals surface area contributed by atoms with Gasteiger partial charge in [-0.3, -0.25) is 4.79 Å². The van der Waals surface area contributed by atoms with Gasteiger partial charge in [0.15, 0.2) is 22.1 Å². The molecule has 5 N–H and O–H groups in total. The van der Waals surface area contributed by atoms with E-state index in [0.29, 0.717) is 28.7 Å². The molecule has 200 valence electrons. The number of aromatic nitrogens is 5. The quantitative estimate of drug-likeness (QED) is 0.125. The summed E-state index contributed by atoms with van der Waals surface area (Å²) in [5.41, 5.74) is 2.25. The lowest BCUT2D eigenvalue weighted by atomic mass is 10.0. The maximum absolute atomic E-state index is 12.4. The van der Waals surface area contributed by atoms with Gasteiger partial charge in [0, 0.05) is 18.8 Å². The van der Waals surface area contributed by atoms with Crippen LogP contribution < -0.4 is 10.6 Å². The third-order valence-electron chi connectivity index (χ3n) is 6.48. The highest BCUT2D eigenvalue weighted by Gasteiger charge is 2.47. The van der Waals surface area contributed by atoms with Gasteiger partial charge in [0.2, 0.25) is 5.91 Å². The smallest absolute Gasteiger partial charge is 0.225 e. The molecule has 1 amide bonds. The highest BCUT2D eigenvalue weighted by atomic mass is 32.2. The number of carbonyl (C=O) groups excluding carboxylic acids is 1. The van der Waals surface area contributed by atoms with Crippen LogP contribution in [0.15, 0.2) is 35.5 Å². The molecule has 0 bridgehead atoms. The summed E-state index contributed by atoms with van der Waals surface area (Å²) in [5, 5.41) is 45.4. The molecule has 1 saturated carbocycles. The Morgan fingerprint density at radius 3 is 2.70 bits per heavy atom. The number of carbonyl (C=O) groups is 1. The minimum Gasteiger partial charge on any atom is -0.395 e. The van der Waals surface area contributed by atoms with Crippen molar-refractivity contribution in [3.8, 4) is 0 Å². The van der Waals surface area contributed by atoms with Crippen LogP contribution in [0.25, 0.3) is 11.2 Å². The van der Waals surface area contributed by atoms with Crippen molar-refractivity contribution in [1.82, 2.24) is 30.3 Å². The Bertz CT molecular complexity index is 1160. The van der Waals surface area contributed by atoms with Crippen molar-refractivity contribution < 1.29 is 20.1 Å². The van der Waals surface area contributed by atoms with Crippen molar-refractivity contribution >= 4 is 34.7 Å². The van der Waals surface area contributed by atoms with Crippen molar-refractivity contribution in [3.63, 3.8) is 0 Å². The largest absolute Gasteiger partial charge is 0.395 e. The summed E-state index contributed by atoms with van der Waals surface area (Å²) in [6, 6.07) is 9.70. The lowest BCUT2D eigenvalue weighted by molar-refractivity contribution is -0.129. The van der Waals surface area contributed by atoms with Gasteiger partial charge >= 0.3 is 0 Å². The summed E-state index contributed by atoms with van der Waals surface area (Å²) >= 11 is 1.53. The Kier molecular flexibility index (Phi) is 9.67. The van der Waals surface area contributed by atoms with E-state index in [9.17, 15) is 15.0 Å². The Morgan fingerprint density at radius 1 is 1.14 bits per heavy atom. The molecular formula is C25H35N7O4S. The fourth-order valence-corrected chi connectivity index (χ4v) is 5.24. The standard InChI is InChI=1S/C25H35N7O4S/c1-2-14-37-25-28-22(26-11-7-6-10-16-8-4-3-5-9-16)19-23(29-25)32(31-30-19)18-15-17(20(34)21(18)35)24(36)27-12-13-33/h3-5,8-9,17-18,20-21,33-35H,2,6-7,10-15H2,1H3,(H,27,36)(H,26,28,29)/t17-,18?,20?,21?/m0/s1. The summed E-state index contributed by atoms with van der Waals surface area (Å²) in [4.78, 5) is 21.8. The Morgan fingerprint density at radius 2 is 1.95 bits per heavy atom. The molecule has 1 aliphatic carbocycles. The number of rotatable bonds is 13. The number of amides is 1. The van der Waals surface area contributed by atoms with Crippen LogP contribution in [0.3, 0.4) is 0 Å². The van der Waals surface area contributed by atoms with Gasteiger partial charge in [0.1, 0.15) is 6.10 Å². The van der Waals surface area contributed by atoms with E-state index in [4.69, 9.17) is 5.11 Å². The molecule has 37 heavy (non-hydrogen) atoms. The number of nitrogens with zero attached hydrogens (tertiary/aromatic N) is 5. The van der Waals surface area contributed by atoms with Crippen molar-refractivity contribution in [3.05, 3.63) is 35.9 Å². The minimum absolute atomic E-state index is 0.0840. The average Bonchev–Trinajstić information content (AvgIpc) is 3.47. The summed E-state index contributed by atoms with van der Waals surface area (Å²) in [5.74, 6) is 0.185. The summed E-state index contributed by atoms with van der Waals surface area (Å²) in [6.07, 6.45) is 1.63. The predicted octanol–water partition coefficient (Wildman–Crippen LogP) is 1.55. The molecule has 3 aromatic rings. The van der Waals surface area contributed by atoms with Crippen LogP contribution in [0.2, 0.25) is 0 Å². The van der Waals surface area contributed by atoms with Crippen molar-refractivity contribution in [2.24, 2.45) is 5.92 Å². The maximum atomic E-state index is 12.4. The van der Waals surface area contributed by atoms with E-state index < -0.39 is 30.1 Å². The molecule has 2 heterocycles. The van der Waals surface area contributed by atoms with Crippen molar-refractivity contribution in [2.75, 3.05) is 30.8 Å². The van der Waals surface area contributed by atoms with Crippen molar-refractivity contribution in [2.45, 2.75) is 62.4 Å². The van der Waals surface area contributed by atoms with Crippen LogP contribution >= 0.6 is 11.8 Å². The monoisotopic (exact) mass is 529 g/mol. The third-order valence-corrected chi connectivity index (χ3v) is 7.53. The molecule has 0 radical (unpaired) electrons. The molecule has 1 fully saturated rings. The SMILES string of the molecule is CCCSc1nc(NCCCCc2ccccc2)c2nnn(C3C[C@H](C(=O)NCCO)C(O)C3O)c2n1. The summed E-state index contributed by atoms with van der Waals surface area (Å²) in [7, 11) is 0. The molecule has 0 spiro atoms. The summed E-state index contributed by atoms with van der Waals surface area (Å²) in [6.45, 7) is 2.68. The molecule has 1 aromatic carbocycles. The Hall–Kier alpha value is -2.80. The molecule has 0 saturated heterocycles. The first-order chi connectivity index (χ1) is 18.0. The molecule has 11 nitrogen and oxygen atoms in total. The zero-order valence-corrected chi connectivity index (χ0v) is 21.8. The fraction of sp³-hybridized carbons (Fsp3) is 0.560. The lowest BCUT2D eigenvalue weighted by Crippen LogP contribution is -2.39. The first kappa shape index (κ1) is 27.2. The highest BCUT2D eigenvalue weighted by molar-refractivity contribution is 7.99. The second-order valence-corrected chi connectivity index (χ2v) is 10.2. The topological polar surface area (TPSA) is 158 Å². The fourth-order valence-electron chi connectivity index (χ4n) is 4.54. The van der Waals surface area contributed by atoms with Gasteiger partial charge in [-0.1, -0.05) is 54.2 Å². The molecule has 1 aliphatic rings. The lowest BCUT2D eigenvalue weighted by Gasteiger charge is -2.17. The van der Waals surface area contributed by atoms with Gasteiger partial charge in [0.05, 0.1) is 24.7 Å². The molecule has 0 aliphatic heterocycles. The van der Waals surface area contributed by atoms with Gasteiger partial charge in [-0.15, -0.1) is 5.10 Å². The number of fused-ring (bicyclic) bond motifs is 1. The zero-order valence-electron chi connectivity index (χ0n) is 21.0. The number of thioether (sulfide) groups is 1. The van der Waals surface area contributed by atoms with Crippen LogP contribution in [0.5, 0.6) is 0 Å². The van der Waals surface area contributed by atoms with E-state index in [1.54, 1.807) is 0 Å². The third kappa shape index (κ3) is 6.56. The van der Waals surface area contributed by atoms with E-state index in [1.807, 2.05) is 18.2 Å². The first-order valence-corrected chi connectivity index (χ1v) is 13.8. The number of hydrogen-bond donors (Lipinski definition) is 5. The van der Waals surface area contributed by atoms with Gasteiger partial charge in [-0.25, -0.2) is 14.6 Å². The number of aryl methyl sites for hydroxylation is 1. The normalized spacial score (nSPS) is 21.4. The molecule has 2 aromatic heterocycles. The number of aliphatic hydroxyl groups excluding tert-OH is 3. The van der Waals surface area contributed by atoms with Gasteiger partial charge in [-0.05, 0) is 37.7 Å². The van der Waals surface area contributed by atoms with E-state index in [-0.39, 0.29) is 19.6 Å². The van der Waals surface area contributed by atoms with E-state index in [0.717, 1.165) is 31.4 Å². The van der Waals surface area contributed by atoms with Crippen LogP contribution in [0.1, 0.15) is 44.2 Å². The Balaban J connectivity index is 1.51. The van der Waals surface area contributed by atoms with Crippen LogP contribution in [0.4, 0.5) is 5.82 Å². The van der Waals surface area contributed by atoms with Crippen molar-refractivity contribution in [1.29, 1.82) is 0 Å². The molecule has 4 rings (SSSR count). The van der Waals surface area contributed by atoms with Crippen LogP contribution in [-0.4, -0.2) is 83.8 Å². The number of unbranched alkanes of at least 4 members (excludes halogenated alkanes) is 1. The number of nitrogens with one attached hydrogen (secondary N) is 2. The van der Waals surface area contributed by atoms with Gasteiger partial charge < -0.3 is 26.0 Å². The maximum Gasteiger partial charge on any atom is 0.225 e. The number of anilines is 1. The van der Waals surface area contributed by atoms with Crippen LogP contribution in [-0.2, 0) is 11.2 Å². The van der Waals surface area contributed by atoms with E-state index in [1.165, 1.54) is 22.0 Å². The van der Waals surface area contributed by atoms with Gasteiger partial charge in [0.25, 0.3) is 0 Å².